The fraction of sp³-hybridized carbons (Fsp3) is 0.261. The van der Waals surface area contributed by atoms with Gasteiger partial charge < -0.3 is 14.8 Å². The molecule has 1 amide bonds. The van der Waals surface area contributed by atoms with Gasteiger partial charge in [-0.25, -0.2) is 9.97 Å². The number of nitrogens with one attached hydrogen (secondary N) is 1. The molecule has 0 fully saturated rings. The molecule has 0 saturated carbocycles. The number of thioether (sulfide) groups is 1. The van der Waals surface area contributed by atoms with Gasteiger partial charge in [0.25, 0.3) is 0 Å². The van der Waals surface area contributed by atoms with Gasteiger partial charge >= 0.3 is 0 Å². The average molecular weight is 456 g/mol. The van der Waals surface area contributed by atoms with Crippen molar-refractivity contribution in [1.29, 1.82) is 0 Å². The summed E-state index contributed by atoms with van der Waals surface area (Å²) in [4.78, 5) is 21.1. The smallest absolute Gasteiger partial charge is 0.224 e. The van der Waals surface area contributed by atoms with E-state index in [1.165, 1.54) is 11.8 Å². The molecular weight excluding hydrogens is 434 g/mol. The summed E-state index contributed by atoms with van der Waals surface area (Å²) in [5.74, 6) is 1.35. The minimum absolute atomic E-state index is 0.0647. The largest absolute Gasteiger partial charge is 0.497 e. The number of hydrogen-bond acceptors (Lipinski definition) is 6. The molecule has 4 rings (SSSR count). The lowest BCUT2D eigenvalue weighted by Crippen LogP contribution is -2.35. The predicted molar refractivity (Wildman–Crippen MR) is 122 cm³/mol. The third kappa shape index (κ3) is 5.11. The summed E-state index contributed by atoms with van der Waals surface area (Å²) in [6.07, 6.45) is 4.47. The summed E-state index contributed by atoms with van der Waals surface area (Å²) < 4.78 is 11.2. The minimum Gasteiger partial charge on any atom is -0.497 e. The number of ether oxygens (including phenoxy) is 2. The number of benzene rings is 2. The molecule has 1 aromatic heterocycles. The molecule has 1 atom stereocenters. The lowest BCUT2D eigenvalue weighted by Gasteiger charge is -2.12. The van der Waals surface area contributed by atoms with Gasteiger partial charge in [0.15, 0.2) is 5.16 Å². The van der Waals surface area contributed by atoms with Gasteiger partial charge in [0.1, 0.15) is 17.6 Å². The Balaban J connectivity index is 1.39. The molecule has 3 aromatic rings. The van der Waals surface area contributed by atoms with Gasteiger partial charge in [-0.05, 0) is 42.2 Å². The van der Waals surface area contributed by atoms with Gasteiger partial charge in [-0.1, -0.05) is 35.5 Å². The number of fused-ring (bicyclic) bond motifs is 1. The van der Waals surface area contributed by atoms with Gasteiger partial charge in [-0.3, -0.25) is 4.79 Å². The van der Waals surface area contributed by atoms with E-state index in [-0.39, 0.29) is 18.4 Å². The Morgan fingerprint density at radius 3 is 3.00 bits per heavy atom. The van der Waals surface area contributed by atoms with Crippen LogP contribution in [0.2, 0.25) is 5.02 Å². The molecule has 0 saturated heterocycles. The van der Waals surface area contributed by atoms with E-state index in [9.17, 15) is 4.79 Å². The quantitative estimate of drug-likeness (QED) is 0.425. The van der Waals surface area contributed by atoms with Gasteiger partial charge in [0.05, 0.1) is 30.8 Å². The summed E-state index contributed by atoms with van der Waals surface area (Å²) in [7, 11) is 1.61. The van der Waals surface area contributed by atoms with E-state index in [0.29, 0.717) is 28.9 Å². The lowest BCUT2D eigenvalue weighted by atomic mass is 10.0. The number of carbonyl (C=O) groups is 1. The number of hydrogen-bond donors (Lipinski definition) is 1. The molecule has 2 aromatic carbocycles. The third-order valence-corrected chi connectivity index (χ3v) is 5.83. The zero-order valence-corrected chi connectivity index (χ0v) is 18.8. The zero-order chi connectivity index (χ0) is 21.8. The first kappa shape index (κ1) is 21.5. The van der Waals surface area contributed by atoms with Gasteiger partial charge in [-0.2, -0.15) is 0 Å². The Hall–Kier alpha value is -2.77. The van der Waals surface area contributed by atoms with Crippen LogP contribution in [-0.4, -0.2) is 41.9 Å². The Morgan fingerprint density at radius 1 is 1.32 bits per heavy atom. The van der Waals surface area contributed by atoms with Crippen molar-refractivity contribution in [3.05, 3.63) is 64.8 Å². The summed E-state index contributed by atoms with van der Waals surface area (Å²) >= 11 is 7.98. The molecule has 0 bridgehead atoms. The summed E-state index contributed by atoms with van der Waals surface area (Å²) in [6.45, 7) is 0.410. The maximum Gasteiger partial charge on any atom is 0.224 e. The summed E-state index contributed by atoms with van der Waals surface area (Å²) in [6, 6.07) is 13.3. The first-order valence-electron chi connectivity index (χ1n) is 9.82. The average Bonchev–Trinajstić information content (AvgIpc) is 3.21. The van der Waals surface area contributed by atoms with Crippen molar-refractivity contribution >= 4 is 29.3 Å². The fourth-order valence-corrected chi connectivity index (χ4v) is 4.15. The topological polar surface area (TPSA) is 73.3 Å². The second-order valence-corrected chi connectivity index (χ2v) is 8.33. The van der Waals surface area contributed by atoms with Crippen LogP contribution >= 0.6 is 23.4 Å². The molecule has 1 N–H and O–H groups in total. The highest BCUT2D eigenvalue weighted by Crippen LogP contribution is 2.39. The van der Waals surface area contributed by atoms with Crippen LogP contribution in [0.4, 0.5) is 0 Å². The second kappa shape index (κ2) is 9.58. The Labute approximate surface area is 190 Å². The zero-order valence-electron chi connectivity index (χ0n) is 17.2. The number of methoxy groups -OCH3 is 1. The van der Waals surface area contributed by atoms with Crippen LogP contribution < -0.4 is 14.8 Å². The number of aromatic nitrogens is 2. The van der Waals surface area contributed by atoms with Crippen molar-refractivity contribution in [3.63, 3.8) is 0 Å². The van der Waals surface area contributed by atoms with E-state index in [1.807, 2.05) is 48.7 Å². The van der Waals surface area contributed by atoms with E-state index in [0.717, 1.165) is 28.1 Å². The van der Waals surface area contributed by atoms with Crippen molar-refractivity contribution in [1.82, 2.24) is 15.3 Å². The van der Waals surface area contributed by atoms with Crippen LogP contribution in [0, 0.1) is 0 Å². The molecule has 6 nitrogen and oxygen atoms in total. The van der Waals surface area contributed by atoms with Gasteiger partial charge in [0, 0.05) is 23.7 Å². The molecule has 1 aliphatic rings. The highest BCUT2D eigenvalue weighted by atomic mass is 35.5. The SMILES string of the molecule is COc1cccc(CC(=O)NCC2Cc3cc(-c4ccnc(SC)n4)cc(Cl)c3O2)c1. The number of carbonyl (C=O) groups excluding carboxylic acids is 1. The molecule has 8 heteroatoms. The molecule has 0 aliphatic carbocycles. The van der Waals surface area contributed by atoms with Crippen LogP contribution in [0.5, 0.6) is 11.5 Å². The third-order valence-electron chi connectivity index (χ3n) is 4.99. The summed E-state index contributed by atoms with van der Waals surface area (Å²) in [5.41, 5.74) is 3.65. The number of amides is 1. The lowest BCUT2D eigenvalue weighted by molar-refractivity contribution is -0.120. The van der Waals surface area contributed by atoms with Crippen LogP contribution in [0.15, 0.2) is 53.8 Å². The molecule has 1 unspecified atom stereocenters. The highest BCUT2D eigenvalue weighted by molar-refractivity contribution is 7.98. The van der Waals surface area contributed by atoms with E-state index in [4.69, 9.17) is 21.1 Å². The first-order valence-corrected chi connectivity index (χ1v) is 11.4. The molecule has 1 aliphatic heterocycles. The molecule has 0 radical (unpaired) electrons. The van der Waals surface area contributed by atoms with Gasteiger partial charge in [-0.15, -0.1) is 0 Å². The van der Waals surface area contributed by atoms with Crippen molar-refractivity contribution in [3.8, 4) is 22.8 Å². The first-order chi connectivity index (χ1) is 15.1. The predicted octanol–water partition coefficient (Wildman–Crippen LogP) is 4.19. The molecule has 2 heterocycles. The Morgan fingerprint density at radius 2 is 2.19 bits per heavy atom. The maximum absolute atomic E-state index is 12.4. The van der Waals surface area contributed by atoms with Gasteiger partial charge in [0.2, 0.25) is 5.91 Å². The van der Waals surface area contributed by atoms with Crippen molar-refractivity contribution in [2.75, 3.05) is 19.9 Å². The number of nitrogens with zero attached hydrogens (tertiary/aromatic N) is 2. The van der Waals surface area contributed by atoms with Crippen molar-refractivity contribution in [2.24, 2.45) is 0 Å². The summed E-state index contributed by atoms with van der Waals surface area (Å²) in [5, 5.41) is 4.21. The van der Waals surface area contributed by atoms with Crippen LogP contribution in [0.25, 0.3) is 11.3 Å². The molecular formula is C23H22ClN3O3S. The van der Waals surface area contributed by atoms with E-state index in [2.05, 4.69) is 15.3 Å². The highest BCUT2D eigenvalue weighted by Gasteiger charge is 2.26. The van der Waals surface area contributed by atoms with E-state index >= 15 is 0 Å². The minimum atomic E-state index is -0.163. The van der Waals surface area contributed by atoms with Crippen molar-refractivity contribution in [2.45, 2.75) is 24.1 Å². The van der Waals surface area contributed by atoms with Crippen molar-refractivity contribution < 1.29 is 14.3 Å². The maximum atomic E-state index is 12.4. The number of halogens is 1. The fourth-order valence-electron chi connectivity index (χ4n) is 3.51. The Bertz CT molecular complexity index is 1110. The standard InChI is InChI=1S/C23H22ClN3O3S/c1-29-17-5-3-4-14(8-17)9-21(28)26-13-18-11-16-10-15(12-19(24)22(16)30-18)20-6-7-25-23(27-20)31-2/h3-8,10,12,18H,9,11,13H2,1-2H3,(H,26,28). The molecule has 0 spiro atoms. The van der Waals surface area contributed by atoms with Crippen LogP contribution in [0.1, 0.15) is 11.1 Å². The van der Waals surface area contributed by atoms with E-state index in [1.54, 1.807) is 13.3 Å². The Kier molecular flexibility index (Phi) is 6.63. The molecule has 31 heavy (non-hydrogen) atoms. The number of rotatable bonds is 7. The molecule has 160 valence electrons. The normalized spacial score (nSPS) is 14.6. The van der Waals surface area contributed by atoms with Crippen LogP contribution in [-0.2, 0) is 17.6 Å². The van der Waals surface area contributed by atoms with E-state index < -0.39 is 0 Å². The monoisotopic (exact) mass is 455 g/mol. The second-order valence-electron chi connectivity index (χ2n) is 7.15. The van der Waals surface area contributed by atoms with Crippen LogP contribution in [0.3, 0.4) is 0 Å².